The summed E-state index contributed by atoms with van der Waals surface area (Å²) in [6, 6.07) is 53.4. The van der Waals surface area contributed by atoms with Gasteiger partial charge in [0.15, 0.2) is 11.5 Å². The van der Waals surface area contributed by atoms with Crippen LogP contribution >= 0.6 is 46.4 Å². The topological polar surface area (TPSA) is 55.4 Å². The lowest BCUT2D eigenvalue weighted by Crippen LogP contribution is -2.47. The van der Waals surface area contributed by atoms with E-state index in [1.54, 1.807) is 109 Å². The predicted octanol–water partition coefficient (Wildman–Crippen LogP) is 13.0. The molecule has 6 nitrogen and oxygen atoms in total. The first-order chi connectivity index (χ1) is 26.3. The molecule has 0 aliphatic heterocycles. The molecule has 7 rings (SSSR count). The van der Waals surface area contributed by atoms with Crippen LogP contribution in [0.2, 0.25) is 20.1 Å². The number of para-hydroxylation sites is 6. The smallest absolute Gasteiger partial charge is 0.417 e. The summed E-state index contributed by atoms with van der Waals surface area (Å²) in [4.78, 5) is 0. The van der Waals surface area contributed by atoms with Crippen molar-refractivity contribution in [1.29, 1.82) is 0 Å². The van der Waals surface area contributed by atoms with Gasteiger partial charge in [-0.1, -0.05) is 131 Å². The first-order valence-corrected chi connectivity index (χ1v) is 18.2. The van der Waals surface area contributed by atoms with Crippen molar-refractivity contribution < 1.29 is 28.4 Å². The van der Waals surface area contributed by atoms with E-state index in [-0.39, 0.29) is 31.6 Å². The minimum atomic E-state index is -1.99. The summed E-state index contributed by atoms with van der Waals surface area (Å²) < 4.78 is 40.0. The molecule has 0 saturated carbocycles. The van der Waals surface area contributed by atoms with Crippen molar-refractivity contribution in [3.05, 3.63) is 213 Å². The van der Waals surface area contributed by atoms with Gasteiger partial charge in [0, 0.05) is 0 Å². The van der Waals surface area contributed by atoms with E-state index < -0.39 is 11.9 Å². The average molecular weight is 797 g/mol. The second kappa shape index (κ2) is 16.7. The molecule has 0 aliphatic carbocycles. The van der Waals surface area contributed by atoms with Gasteiger partial charge in [-0.15, -0.1) is 0 Å². The number of benzene rings is 7. The maximum Gasteiger partial charge on any atom is 0.447 e. The van der Waals surface area contributed by atoms with E-state index in [4.69, 9.17) is 74.8 Å². The van der Waals surface area contributed by atoms with Crippen LogP contribution in [0.15, 0.2) is 182 Å². The van der Waals surface area contributed by atoms with E-state index in [2.05, 4.69) is 0 Å². The van der Waals surface area contributed by atoms with Gasteiger partial charge in [0.2, 0.25) is 0 Å². The first-order valence-electron chi connectivity index (χ1n) is 16.7. The molecule has 270 valence electrons. The summed E-state index contributed by atoms with van der Waals surface area (Å²) in [5.74, 6) is -1.96. The van der Waals surface area contributed by atoms with E-state index in [0.717, 1.165) is 0 Å². The monoisotopic (exact) mass is 794 g/mol. The minimum Gasteiger partial charge on any atom is -0.417 e. The Morgan fingerprint density at radius 3 is 0.741 bits per heavy atom. The van der Waals surface area contributed by atoms with Gasteiger partial charge in [0.05, 0.1) is 31.2 Å². The largest absolute Gasteiger partial charge is 0.447 e. The number of halogens is 4. The van der Waals surface area contributed by atoms with Gasteiger partial charge in [0.1, 0.15) is 23.0 Å². The zero-order chi connectivity index (χ0) is 37.4. The number of hydrogen-bond donors (Lipinski definition) is 0. The first kappa shape index (κ1) is 36.8. The molecule has 0 saturated heterocycles. The molecule has 54 heavy (non-hydrogen) atoms. The molecule has 0 N–H and O–H groups in total. The third-order valence-electron chi connectivity index (χ3n) is 7.88. The Labute approximate surface area is 332 Å². The van der Waals surface area contributed by atoms with Crippen LogP contribution < -0.4 is 28.4 Å². The maximum atomic E-state index is 6.68. The Morgan fingerprint density at radius 2 is 0.500 bits per heavy atom. The van der Waals surface area contributed by atoms with Gasteiger partial charge in [-0.25, -0.2) is 0 Å². The Hall–Kier alpha value is -5.50. The third kappa shape index (κ3) is 8.49. The van der Waals surface area contributed by atoms with Crippen LogP contribution in [0.4, 0.5) is 0 Å². The van der Waals surface area contributed by atoms with Crippen molar-refractivity contribution in [2.75, 3.05) is 0 Å². The highest BCUT2D eigenvalue weighted by atomic mass is 35.5. The fourth-order valence-electron chi connectivity index (χ4n) is 5.36. The number of ether oxygens (including phenoxy) is 6. The van der Waals surface area contributed by atoms with Crippen LogP contribution in [-0.4, -0.2) is 0 Å². The van der Waals surface area contributed by atoms with E-state index in [9.17, 15) is 0 Å². The third-order valence-corrected chi connectivity index (χ3v) is 9.07. The number of rotatable bonds is 14. The van der Waals surface area contributed by atoms with Crippen LogP contribution in [-0.2, 0) is 11.9 Å². The Kier molecular flexibility index (Phi) is 11.4. The highest BCUT2D eigenvalue weighted by Crippen LogP contribution is 2.43. The summed E-state index contributed by atoms with van der Waals surface area (Å²) in [7, 11) is 0. The van der Waals surface area contributed by atoms with Crippen LogP contribution in [0, 0.1) is 0 Å². The number of hydrogen-bond acceptors (Lipinski definition) is 6. The van der Waals surface area contributed by atoms with Crippen LogP contribution in [0.25, 0.3) is 0 Å². The van der Waals surface area contributed by atoms with E-state index >= 15 is 0 Å². The molecular weight excluding hydrogens is 766 g/mol. The lowest BCUT2D eigenvalue weighted by Gasteiger charge is -2.36. The Bertz CT molecular complexity index is 1990. The van der Waals surface area contributed by atoms with Crippen molar-refractivity contribution in [1.82, 2.24) is 0 Å². The standard InChI is InChI=1S/C44H30Cl4O6/c45-37-23-13-24-38(46)41(37)53-43(49-33-15-5-1-6-16-33,50-34-17-7-2-8-18-34)31-27-29-32(30-28-31)44(51-35-19-9-3-10-20-35,52-36-21-11-4-12-22-36)54-42-39(47)25-14-26-40(42)48/h1-30H. The summed E-state index contributed by atoms with van der Waals surface area (Å²) >= 11 is 26.7. The van der Waals surface area contributed by atoms with Crippen molar-refractivity contribution in [2.45, 2.75) is 11.9 Å². The molecule has 0 aliphatic rings. The van der Waals surface area contributed by atoms with Crippen molar-refractivity contribution in [2.24, 2.45) is 0 Å². The maximum absolute atomic E-state index is 6.68. The second-order valence-corrected chi connectivity index (χ2v) is 13.3. The molecule has 7 aromatic rings. The molecule has 0 aromatic heterocycles. The summed E-state index contributed by atoms with van der Waals surface area (Å²) in [5.41, 5.74) is 0.804. The van der Waals surface area contributed by atoms with Crippen LogP contribution in [0.1, 0.15) is 11.1 Å². The lowest BCUT2D eigenvalue weighted by molar-refractivity contribution is -0.266. The van der Waals surface area contributed by atoms with Gasteiger partial charge in [-0.05, 0) is 97.1 Å². The zero-order valence-electron chi connectivity index (χ0n) is 28.3. The molecule has 0 radical (unpaired) electrons. The predicted molar refractivity (Wildman–Crippen MR) is 212 cm³/mol. The quantitative estimate of drug-likeness (QED) is 0.102. The summed E-state index contributed by atoms with van der Waals surface area (Å²) in [6.07, 6.45) is 0. The second-order valence-electron chi connectivity index (χ2n) is 11.7. The van der Waals surface area contributed by atoms with E-state index in [0.29, 0.717) is 34.1 Å². The minimum absolute atomic E-state index is 0.141. The highest BCUT2D eigenvalue weighted by Gasteiger charge is 2.46. The van der Waals surface area contributed by atoms with Gasteiger partial charge >= 0.3 is 11.9 Å². The summed E-state index contributed by atoms with van der Waals surface area (Å²) in [6.45, 7) is 0. The average Bonchev–Trinajstić information content (AvgIpc) is 3.19. The van der Waals surface area contributed by atoms with Gasteiger partial charge in [0.25, 0.3) is 0 Å². The molecule has 0 amide bonds. The van der Waals surface area contributed by atoms with E-state index in [1.807, 2.05) is 72.8 Å². The van der Waals surface area contributed by atoms with E-state index in [1.165, 1.54) is 0 Å². The molecule has 0 fully saturated rings. The highest BCUT2D eigenvalue weighted by molar-refractivity contribution is 6.37. The molecule has 0 spiro atoms. The van der Waals surface area contributed by atoms with Gasteiger partial charge < -0.3 is 28.4 Å². The van der Waals surface area contributed by atoms with Gasteiger partial charge in [-0.2, -0.15) is 0 Å². The molecule has 0 heterocycles. The van der Waals surface area contributed by atoms with Gasteiger partial charge in [-0.3, -0.25) is 0 Å². The van der Waals surface area contributed by atoms with Crippen LogP contribution in [0.5, 0.6) is 34.5 Å². The summed E-state index contributed by atoms with van der Waals surface area (Å²) in [5, 5.41) is 0.975. The fourth-order valence-corrected chi connectivity index (χ4v) is 6.31. The molecule has 7 aromatic carbocycles. The van der Waals surface area contributed by atoms with Crippen molar-refractivity contribution in [3.63, 3.8) is 0 Å². The lowest BCUT2D eigenvalue weighted by atomic mass is 10.1. The fraction of sp³-hybridized carbons (Fsp3) is 0.0455. The normalized spacial score (nSPS) is 11.3. The van der Waals surface area contributed by atoms with Crippen molar-refractivity contribution >= 4 is 46.4 Å². The van der Waals surface area contributed by atoms with Crippen molar-refractivity contribution in [3.8, 4) is 34.5 Å². The SMILES string of the molecule is Clc1cccc(Cl)c1OC(Oc1ccccc1)(Oc1ccccc1)c1ccc(C(Oc2ccccc2)(Oc2ccccc2)Oc2c(Cl)cccc2Cl)cc1. The molecule has 0 atom stereocenters. The van der Waals surface area contributed by atoms with Crippen LogP contribution in [0.3, 0.4) is 0 Å². The molecule has 0 bridgehead atoms. The molecular formula is C44H30Cl4O6. The molecule has 0 unspecified atom stereocenters. The molecule has 10 heteroatoms. The Morgan fingerprint density at radius 1 is 0.259 bits per heavy atom. The zero-order valence-corrected chi connectivity index (χ0v) is 31.3. The Balaban J connectivity index is 1.42.